The minimum atomic E-state index is -0.498. The zero-order chi connectivity index (χ0) is 21.2. The molecule has 1 aliphatic heterocycles. The molecule has 2 N–H and O–H groups in total. The van der Waals surface area contributed by atoms with Gasteiger partial charge in [0, 0.05) is 13.1 Å². The number of anilines is 1. The van der Waals surface area contributed by atoms with Gasteiger partial charge in [-0.05, 0) is 58.1 Å². The number of benzene rings is 1. The molecule has 0 bridgehead atoms. The Bertz CT molecular complexity index is 892. The summed E-state index contributed by atoms with van der Waals surface area (Å²) >= 11 is 0. The number of aromatic amines is 1. The number of aromatic nitrogens is 2. The van der Waals surface area contributed by atoms with Crippen molar-refractivity contribution in [3.05, 3.63) is 23.5 Å². The van der Waals surface area contributed by atoms with Crippen LogP contribution in [0.1, 0.15) is 50.9 Å². The summed E-state index contributed by atoms with van der Waals surface area (Å²) in [7, 11) is 1.37. The van der Waals surface area contributed by atoms with Gasteiger partial charge in [0.05, 0.1) is 23.8 Å². The van der Waals surface area contributed by atoms with E-state index in [9.17, 15) is 9.59 Å². The predicted molar refractivity (Wildman–Crippen MR) is 111 cm³/mol. The largest absolute Gasteiger partial charge is 0.468 e. The van der Waals surface area contributed by atoms with Crippen LogP contribution in [0.5, 0.6) is 0 Å². The van der Waals surface area contributed by atoms with Gasteiger partial charge in [-0.25, -0.2) is 9.78 Å². The molecular weight excluding hydrogens is 372 g/mol. The van der Waals surface area contributed by atoms with Crippen LogP contribution in [0.15, 0.2) is 12.1 Å². The molecule has 1 aliphatic rings. The first-order valence-corrected chi connectivity index (χ1v) is 9.96. The van der Waals surface area contributed by atoms with E-state index in [4.69, 9.17) is 9.47 Å². The van der Waals surface area contributed by atoms with E-state index in [0.717, 1.165) is 41.0 Å². The zero-order valence-electron chi connectivity index (χ0n) is 17.8. The average Bonchev–Trinajstić information content (AvgIpc) is 3.05. The Kier molecular flexibility index (Phi) is 6.00. The summed E-state index contributed by atoms with van der Waals surface area (Å²) in [5.41, 5.74) is 3.24. The third-order valence-electron chi connectivity index (χ3n) is 5.03. The highest BCUT2D eigenvalue weighted by Gasteiger charge is 2.29. The van der Waals surface area contributed by atoms with Crippen LogP contribution in [0.4, 0.5) is 10.5 Å². The number of rotatable bonds is 4. The van der Waals surface area contributed by atoms with Crippen molar-refractivity contribution in [2.24, 2.45) is 0 Å². The van der Waals surface area contributed by atoms with Gasteiger partial charge in [0.1, 0.15) is 18.0 Å². The maximum absolute atomic E-state index is 12.3. The molecule has 0 spiro atoms. The minimum Gasteiger partial charge on any atom is -0.468 e. The second-order valence-electron chi connectivity index (χ2n) is 8.42. The van der Waals surface area contributed by atoms with Crippen LogP contribution in [0.25, 0.3) is 11.0 Å². The second-order valence-corrected chi connectivity index (χ2v) is 8.42. The molecule has 3 rings (SSSR count). The van der Waals surface area contributed by atoms with Gasteiger partial charge >= 0.3 is 12.1 Å². The van der Waals surface area contributed by atoms with Gasteiger partial charge in [0.2, 0.25) is 0 Å². The molecule has 1 fully saturated rings. The lowest BCUT2D eigenvalue weighted by atomic mass is 9.88. The molecular formula is C21H30N4O4. The SMILES string of the molecule is COC(=O)CNc1c(C2CCN(C(=O)OC(C)(C)C)CC2)ccc2nc(C)[nH]c12. The summed E-state index contributed by atoms with van der Waals surface area (Å²) in [5, 5.41) is 3.23. The number of hydrogen-bond donors (Lipinski definition) is 2. The molecule has 0 unspecified atom stereocenters. The van der Waals surface area contributed by atoms with Gasteiger partial charge in [-0.2, -0.15) is 0 Å². The number of nitrogens with zero attached hydrogens (tertiary/aromatic N) is 2. The Morgan fingerprint density at radius 2 is 1.97 bits per heavy atom. The van der Waals surface area contributed by atoms with E-state index >= 15 is 0 Å². The van der Waals surface area contributed by atoms with Crippen LogP contribution in [0, 0.1) is 6.92 Å². The highest BCUT2D eigenvalue weighted by molar-refractivity contribution is 5.92. The number of imidazole rings is 1. The van der Waals surface area contributed by atoms with Crippen molar-refractivity contribution in [2.75, 3.05) is 32.1 Å². The summed E-state index contributed by atoms with van der Waals surface area (Å²) < 4.78 is 10.3. The van der Waals surface area contributed by atoms with E-state index in [2.05, 4.69) is 21.4 Å². The standard InChI is InChI=1S/C21H30N4O4/c1-13-23-16-7-6-15(18(19(16)24-13)22-12-17(26)28-5)14-8-10-25(11-9-14)20(27)29-21(2,3)4/h6-7,14,22H,8-12H2,1-5H3,(H,23,24). The fourth-order valence-corrected chi connectivity index (χ4v) is 3.68. The Hall–Kier alpha value is -2.77. The third-order valence-corrected chi connectivity index (χ3v) is 5.03. The van der Waals surface area contributed by atoms with Crippen molar-refractivity contribution in [3.63, 3.8) is 0 Å². The Morgan fingerprint density at radius 1 is 1.28 bits per heavy atom. The molecule has 8 nitrogen and oxygen atoms in total. The summed E-state index contributed by atoms with van der Waals surface area (Å²) in [6, 6.07) is 4.06. The maximum atomic E-state index is 12.3. The maximum Gasteiger partial charge on any atom is 0.410 e. The normalized spacial score (nSPS) is 15.4. The molecule has 1 aromatic carbocycles. The molecule has 1 aromatic heterocycles. The van der Waals surface area contributed by atoms with Crippen LogP contribution < -0.4 is 5.32 Å². The first-order chi connectivity index (χ1) is 13.7. The molecule has 8 heteroatoms. The summed E-state index contributed by atoms with van der Waals surface area (Å²) in [6.07, 6.45) is 1.38. The summed E-state index contributed by atoms with van der Waals surface area (Å²) in [6.45, 7) is 8.88. The van der Waals surface area contributed by atoms with Crippen LogP contribution in [0.2, 0.25) is 0 Å². The molecule has 0 radical (unpaired) electrons. The number of H-pyrrole nitrogens is 1. The molecule has 29 heavy (non-hydrogen) atoms. The quantitative estimate of drug-likeness (QED) is 0.759. The number of methoxy groups -OCH3 is 1. The fraction of sp³-hybridized carbons (Fsp3) is 0.571. The molecule has 1 amide bonds. The number of carbonyl (C=O) groups is 2. The van der Waals surface area contributed by atoms with Crippen molar-refractivity contribution in [2.45, 2.75) is 52.1 Å². The number of ether oxygens (including phenoxy) is 2. The number of nitrogens with one attached hydrogen (secondary N) is 2. The lowest BCUT2D eigenvalue weighted by Crippen LogP contribution is -2.41. The number of aryl methyl sites for hydroxylation is 1. The number of amides is 1. The number of piperidine rings is 1. The van der Waals surface area contributed by atoms with E-state index in [-0.39, 0.29) is 24.5 Å². The highest BCUT2D eigenvalue weighted by Crippen LogP contribution is 2.37. The van der Waals surface area contributed by atoms with Gasteiger partial charge in [-0.3, -0.25) is 4.79 Å². The molecule has 1 saturated heterocycles. The average molecular weight is 402 g/mol. The first-order valence-electron chi connectivity index (χ1n) is 9.96. The number of hydrogen-bond acceptors (Lipinski definition) is 6. The molecule has 0 aliphatic carbocycles. The van der Waals surface area contributed by atoms with Crippen molar-refractivity contribution in [1.82, 2.24) is 14.9 Å². The minimum absolute atomic E-state index is 0.0808. The van der Waals surface area contributed by atoms with Crippen LogP contribution in [-0.4, -0.2) is 59.3 Å². The molecule has 2 heterocycles. The molecule has 2 aromatic rings. The highest BCUT2D eigenvalue weighted by atomic mass is 16.6. The van der Waals surface area contributed by atoms with E-state index in [1.54, 1.807) is 4.90 Å². The predicted octanol–water partition coefficient (Wildman–Crippen LogP) is 3.57. The van der Waals surface area contributed by atoms with Crippen molar-refractivity contribution >= 4 is 28.8 Å². The van der Waals surface area contributed by atoms with Gasteiger partial charge in [0.25, 0.3) is 0 Å². The van der Waals surface area contributed by atoms with Crippen molar-refractivity contribution < 1.29 is 19.1 Å². The Balaban J connectivity index is 1.79. The van der Waals surface area contributed by atoms with Crippen molar-refractivity contribution in [1.29, 1.82) is 0 Å². The number of esters is 1. The number of likely N-dealkylation sites (tertiary alicyclic amines) is 1. The molecule has 0 atom stereocenters. The topological polar surface area (TPSA) is 96.6 Å². The van der Waals surface area contributed by atoms with Gasteiger partial charge < -0.3 is 24.7 Å². The smallest absolute Gasteiger partial charge is 0.410 e. The third kappa shape index (κ3) is 4.99. The molecule has 0 saturated carbocycles. The fourth-order valence-electron chi connectivity index (χ4n) is 3.68. The number of carbonyl (C=O) groups excluding carboxylic acids is 2. The van der Waals surface area contributed by atoms with Gasteiger partial charge in [0.15, 0.2) is 0 Å². The zero-order valence-corrected chi connectivity index (χ0v) is 17.8. The van der Waals surface area contributed by atoms with E-state index < -0.39 is 5.60 Å². The summed E-state index contributed by atoms with van der Waals surface area (Å²) in [4.78, 5) is 33.6. The summed E-state index contributed by atoms with van der Waals surface area (Å²) in [5.74, 6) is 0.754. The Morgan fingerprint density at radius 3 is 2.59 bits per heavy atom. The van der Waals surface area contributed by atoms with E-state index in [1.807, 2.05) is 33.8 Å². The lowest BCUT2D eigenvalue weighted by Gasteiger charge is -2.34. The van der Waals surface area contributed by atoms with Crippen LogP contribution in [-0.2, 0) is 14.3 Å². The number of fused-ring (bicyclic) bond motifs is 1. The van der Waals surface area contributed by atoms with Crippen molar-refractivity contribution in [3.8, 4) is 0 Å². The molecule has 158 valence electrons. The second kappa shape index (κ2) is 8.31. The van der Waals surface area contributed by atoms with Gasteiger partial charge in [-0.15, -0.1) is 0 Å². The van der Waals surface area contributed by atoms with Gasteiger partial charge in [-0.1, -0.05) is 6.07 Å². The van der Waals surface area contributed by atoms with Crippen LogP contribution >= 0.6 is 0 Å². The monoisotopic (exact) mass is 402 g/mol. The van der Waals surface area contributed by atoms with E-state index in [0.29, 0.717) is 13.1 Å². The first kappa shape index (κ1) is 21.0. The van der Waals surface area contributed by atoms with Crippen LogP contribution in [0.3, 0.4) is 0 Å². The lowest BCUT2D eigenvalue weighted by molar-refractivity contribution is -0.138. The Labute approximate surface area is 171 Å². The van der Waals surface area contributed by atoms with E-state index in [1.165, 1.54) is 7.11 Å².